The average molecular weight is 327 g/mol. The lowest BCUT2D eigenvalue weighted by atomic mass is 10.2. The number of halogens is 1. The molecule has 2 rings (SSSR count). The van der Waals surface area contributed by atoms with Gasteiger partial charge in [0.05, 0.1) is 5.69 Å². The minimum atomic E-state index is 0.0456. The summed E-state index contributed by atoms with van der Waals surface area (Å²) in [5.74, 6) is 0.607. The molecule has 1 amide bonds. The second kappa shape index (κ2) is 6.80. The molecule has 1 saturated heterocycles. The van der Waals surface area contributed by atoms with Gasteiger partial charge in [0, 0.05) is 17.6 Å². The fourth-order valence-electron chi connectivity index (χ4n) is 2.20. The maximum Gasteiger partial charge on any atom is 0.260 e. The van der Waals surface area contributed by atoms with Crippen molar-refractivity contribution >= 4 is 27.5 Å². The van der Waals surface area contributed by atoms with Crippen LogP contribution in [0.25, 0.3) is 0 Å². The topological polar surface area (TPSA) is 55.6 Å². The molecule has 0 saturated carbocycles. The highest BCUT2D eigenvalue weighted by Gasteiger charge is 2.16. The molecular formula is C14H19BrN2O2. The summed E-state index contributed by atoms with van der Waals surface area (Å²) in [5, 5.41) is 0. The minimum absolute atomic E-state index is 0.0456. The number of amides is 1. The number of nitrogens with two attached hydrogens (primary N) is 1. The predicted octanol–water partition coefficient (Wildman–Crippen LogP) is 2.81. The summed E-state index contributed by atoms with van der Waals surface area (Å²) < 4.78 is 6.41. The van der Waals surface area contributed by atoms with Crippen LogP contribution < -0.4 is 10.5 Å². The summed E-state index contributed by atoms with van der Waals surface area (Å²) in [6.45, 7) is 1.75. The van der Waals surface area contributed by atoms with Crippen molar-refractivity contribution in [1.29, 1.82) is 0 Å². The highest BCUT2D eigenvalue weighted by Crippen LogP contribution is 2.25. The summed E-state index contributed by atoms with van der Waals surface area (Å²) in [4.78, 5) is 13.9. The molecule has 5 heteroatoms. The zero-order valence-electron chi connectivity index (χ0n) is 10.9. The molecule has 0 unspecified atom stereocenters. The van der Waals surface area contributed by atoms with Crippen molar-refractivity contribution in [3.8, 4) is 5.75 Å². The number of carbonyl (C=O) groups excluding carboxylic acids is 1. The Hall–Kier alpha value is -1.23. The van der Waals surface area contributed by atoms with Crippen LogP contribution in [-0.2, 0) is 4.79 Å². The molecule has 104 valence electrons. The molecule has 1 aliphatic rings. The van der Waals surface area contributed by atoms with E-state index in [-0.39, 0.29) is 12.5 Å². The van der Waals surface area contributed by atoms with Crippen LogP contribution in [0.1, 0.15) is 25.7 Å². The summed E-state index contributed by atoms with van der Waals surface area (Å²) in [7, 11) is 0. The lowest BCUT2D eigenvalue weighted by molar-refractivity contribution is -0.133. The fourth-order valence-corrected chi connectivity index (χ4v) is 2.58. The second-order valence-electron chi connectivity index (χ2n) is 4.77. The van der Waals surface area contributed by atoms with E-state index in [1.807, 2.05) is 11.0 Å². The van der Waals surface area contributed by atoms with Gasteiger partial charge in [-0.2, -0.15) is 0 Å². The average Bonchev–Trinajstić information content (AvgIpc) is 2.66. The molecule has 0 atom stereocenters. The summed E-state index contributed by atoms with van der Waals surface area (Å²) in [6, 6.07) is 5.39. The van der Waals surface area contributed by atoms with Crippen LogP contribution in [-0.4, -0.2) is 30.5 Å². The van der Waals surface area contributed by atoms with E-state index in [0.717, 1.165) is 30.4 Å². The van der Waals surface area contributed by atoms with Gasteiger partial charge in [-0.15, -0.1) is 0 Å². The number of hydrogen-bond acceptors (Lipinski definition) is 3. The van der Waals surface area contributed by atoms with Gasteiger partial charge in [-0.05, 0) is 31.0 Å². The van der Waals surface area contributed by atoms with Crippen LogP contribution in [0, 0.1) is 0 Å². The van der Waals surface area contributed by atoms with Crippen LogP contribution in [0.5, 0.6) is 5.75 Å². The first-order valence-electron chi connectivity index (χ1n) is 6.62. The van der Waals surface area contributed by atoms with Gasteiger partial charge in [0.25, 0.3) is 5.91 Å². The highest BCUT2D eigenvalue weighted by atomic mass is 79.9. The lowest BCUT2D eigenvalue weighted by Crippen LogP contribution is -2.35. The summed E-state index contributed by atoms with van der Waals surface area (Å²) in [5.41, 5.74) is 6.37. The maximum absolute atomic E-state index is 12.1. The fraction of sp³-hybridized carbons (Fsp3) is 0.500. The van der Waals surface area contributed by atoms with Gasteiger partial charge < -0.3 is 15.4 Å². The second-order valence-corrected chi connectivity index (χ2v) is 5.68. The molecule has 0 spiro atoms. The standard InChI is InChI=1S/C14H19BrN2O2/c15-11-5-6-13(12(16)9-11)19-10-14(18)17-7-3-1-2-4-8-17/h5-6,9H,1-4,7-8,10,16H2. The monoisotopic (exact) mass is 326 g/mol. The van der Waals surface area contributed by atoms with Crippen molar-refractivity contribution in [2.24, 2.45) is 0 Å². The number of benzene rings is 1. The van der Waals surface area contributed by atoms with Crippen molar-refractivity contribution in [2.45, 2.75) is 25.7 Å². The van der Waals surface area contributed by atoms with E-state index in [4.69, 9.17) is 10.5 Å². The third-order valence-electron chi connectivity index (χ3n) is 3.28. The van der Waals surface area contributed by atoms with Crippen molar-refractivity contribution in [3.05, 3.63) is 22.7 Å². The van der Waals surface area contributed by atoms with Gasteiger partial charge in [0.15, 0.2) is 6.61 Å². The molecule has 1 heterocycles. The maximum atomic E-state index is 12.1. The molecule has 0 bridgehead atoms. The largest absolute Gasteiger partial charge is 0.482 e. The minimum Gasteiger partial charge on any atom is -0.482 e. The Morgan fingerprint density at radius 3 is 2.58 bits per heavy atom. The van der Waals surface area contributed by atoms with E-state index >= 15 is 0 Å². The van der Waals surface area contributed by atoms with Crippen LogP contribution in [0.15, 0.2) is 22.7 Å². The van der Waals surface area contributed by atoms with E-state index < -0.39 is 0 Å². The number of rotatable bonds is 3. The number of anilines is 1. The van der Waals surface area contributed by atoms with E-state index in [1.54, 1.807) is 12.1 Å². The zero-order valence-corrected chi connectivity index (χ0v) is 12.5. The quantitative estimate of drug-likeness (QED) is 0.869. The molecule has 0 aromatic heterocycles. The number of nitrogens with zero attached hydrogens (tertiary/aromatic N) is 1. The molecule has 19 heavy (non-hydrogen) atoms. The number of ether oxygens (including phenoxy) is 1. The van der Waals surface area contributed by atoms with Crippen molar-refractivity contribution < 1.29 is 9.53 Å². The van der Waals surface area contributed by atoms with Crippen molar-refractivity contribution in [3.63, 3.8) is 0 Å². The number of likely N-dealkylation sites (tertiary alicyclic amines) is 1. The zero-order chi connectivity index (χ0) is 13.7. The molecule has 1 aromatic carbocycles. The number of nitrogen functional groups attached to an aromatic ring is 1. The van der Waals surface area contributed by atoms with Crippen molar-refractivity contribution in [2.75, 3.05) is 25.4 Å². The molecule has 1 fully saturated rings. The molecule has 0 aliphatic carbocycles. The van der Waals surface area contributed by atoms with E-state index in [0.29, 0.717) is 11.4 Å². The third-order valence-corrected chi connectivity index (χ3v) is 3.78. The first-order valence-corrected chi connectivity index (χ1v) is 7.42. The first kappa shape index (κ1) is 14.2. The van der Waals surface area contributed by atoms with E-state index in [2.05, 4.69) is 15.9 Å². The van der Waals surface area contributed by atoms with Gasteiger partial charge in [-0.3, -0.25) is 4.79 Å². The normalized spacial score (nSPS) is 15.9. The number of carbonyl (C=O) groups is 1. The SMILES string of the molecule is Nc1cc(Br)ccc1OCC(=O)N1CCCCCC1. The molecule has 2 N–H and O–H groups in total. The van der Waals surface area contributed by atoms with Gasteiger partial charge >= 0.3 is 0 Å². The van der Waals surface area contributed by atoms with E-state index in [9.17, 15) is 4.79 Å². The Morgan fingerprint density at radius 1 is 1.26 bits per heavy atom. The molecule has 1 aliphatic heterocycles. The lowest BCUT2D eigenvalue weighted by Gasteiger charge is -2.20. The van der Waals surface area contributed by atoms with Gasteiger partial charge in [0.1, 0.15) is 5.75 Å². The van der Waals surface area contributed by atoms with E-state index in [1.165, 1.54) is 12.8 Å². The van der Waals surface area contributed by atoms with Gasteiger partial charge in [-0.25, -0.2) is 0 Å². The molecule has 0 radical (unpaired) electrons. The Labute approximate surface area is 122 Å². The van der Waals surface area contributed by atoms with Crippen LogP contribution in [0.4, 0.5) is 5.69 Å². The van der Waals surface area contributed by atoms with Crippen LogP contribution >= 0.6 is 15.9 Å². The Bertz CT molecular complexity index is 443. The Morgan fingerprint density at radius 2 is 1.95 bits per heavy atom. The molecular weight excluding hydrogens is 308 g/mol. The predicted molar refractivity (Wildman–Crippen MR) is 79.1 cm³/mol. The Kier molecular flexibility index (Phi) is 5.07. The first-order chi connectivity index (χ1) is 9.16. The number of hydrogen-bond donors (Lipinski definition) is 1. The summed E-state index contributed by atoms with van der Waals surface area (Å²) >= 11 is 3.34. The third kappa shape index (κ3) is 4.13. The summed E-state index contributed by atoms with van der Waals surface area (Å²) in [6.07, 6.45) is 4.60. The Balaban J connectivity index is 1.88. The van der Waals surface area contributed by atoms with Gasteiger partial charge in [0.2, 0.25) is 0 Å². The van der Waals surface area contributed by atoms with Gasteiger partial charge in [-0.1, -0.05) is 28.8 Å². The highest BCUT2D eigenvalue weighted by molar-refractivity contribution is 9.10. The molecule has 1 aromatic rings. The molecule has 4 nitrogen and oxygen atoms in total. The van der Waals surface area contributed by atoms with Crippen LogP contribution in [0.2, 0.25) is 0 Å². The smallest absolute Gasteiger partial charge is 0.260 e. The van der Waals surface area contributed by atoms with Crippen molar-refractivity contribution in [1.82, 2.24) is 4.90 Å². The van der Waals surface area contributed by atoms with Crippen LogP contribution in [0.3, 0.4) is 0 Å².